The number of amides is 2. The van der Waals surface area contributed by atoms with Crippen LogP contribution in [0.25, 0.3) is 0 Å². The van der Waals surface area contributed by atoms with Crippen molar-refractivity contribution in [1.29, 1.82) is 0 Å². The van der Waals surface area contributed by atoms with Crippen molar-refractivity contribution in [3.63, 3.8) is 0 Å². The molecule has 0 aromatic heterocycles. The molecule has 0 fully saturated rings. The van der Waals surface area contributed by atoms with Crippen LogP contribution in [0.1, 0.15) is 46.1 Å². The van der Waals surface area contributed by atoms with Crippen molar-refractivity contribution < 1.29 is 27.1 Å². The highest BCUT2D eigenvalue weighted by Crippen LogP contribution is 2.30. The molecule has 0 aliphatic carbocycles. The van der Waals surface area contributed by atoms with Crippen molar-refractivity contribution in [2.75, 3.05) is 23.7 Å². The molecule has 0 saturated heterocycles. The molecule has 2 amide bonds. The minimum Gasteiger partial charge on any atom is -0.492 e. The van der Waals surface area contributed by atoms with Gasteiger partial charge in [0, 0.05) is 31.1 Å². The van der Waals surface area contributed by atoms with Gasteiger partial charge in [-0.3, -0.25) is 13.9 Å². The molecule has 0 heterocycles. The normalized spacial score (nSPS) is 12.2. The summed E-state index contributed by atoms with van der Waals surface area (Å²) in [5, 5.41) is 2.78. The third-order valence-electron chi connectivity index (χ3n) is 5.48. The number of halogens is 1. The SMILES string of the molecule is CCOc1ccccc1N(CCCC(=O)N(Cc1ccccc1F)[C@@H](C)C(=O)NC(C)C)S(C)(=O)=O. The standard InChI is InChI=1S/C26H36FN3O5S/c1-6-35-24-15-10-9-14-23(24)30(36(5,33)34)17-11-16-25(31)29(20(4)26(32)28-19(2)3)18-21-12-7-8-13-22(21)27/h7-10,12-15,19-20H,6,11,16-18H2,1-5H3,(H,28,32)/t20-/m0/s1. The smallest absolute Gasteiger partial charge is 0.242 e. The van der Waals surface area contributed by atoms with Crippen LogP contribution >= 0.6 is 0 Å². The minimum atomic E-state index is -3.66. The van der Waals surface area contributed by atoms with Crippen molar-refractivity contribution in [2.45, 2.75) is 59.2 Å². The molecule has 198 valence electrons. The van der Waals surface area contributed by atoms with Crippen LogP contribution in [0, 0.1) is 5.82 Å². The Morgan fingerprint density at radius 2 is 1.69 bits per heavy atom. The molecule has 0 saturated carbocycles. The van der Waals surface area contributed by atoms with Gasteiger partial charge < -0.3 is 15.0 Å². The van der Waals surface area contributed by atoms with E-state index in [1.165, 1.54) is 15.3 Å². The van der Waals surface area contributed by atoms with Crippen molar-refractivity contribution in [3.8, 4) is 5.75 Å². The van der Waals surface area contributed by atoms with Crippen LogP contribution in [0.5, 0.6) is 5.75 Å². The van der Waals surface area contributed by atoms with Gasteiger partial charge in [0.15, 0.2) is 0 Å². The number of nitrogens with one attached hydrogen (secondary N) is 1. The molecule has 0 unspecified atom stereocenters. The van der Waals surface area contributed by atoms with Crippen LogP contribution in [0.4, 0.5) is 10.1 Å². The van der Waals surface area contributed by atoms with Crippen molar-refractivity contribution in [3.05, 3.63) is 59.9 Å². The molecule has 0 spiro atoms. The van der Waals surface area contributed by atoms with E-state index in [1.807, 2.05) is 13.8 Å². The number of rotatable bonds is 13. The number of sulfonamides is 1. The predicted molar refractivity (Wildman–Crippen MR) is 139 cm³/mol. The Morgan fingerprint density at radius 3 is 2.31 bits per heavy atom. The summed E-state index contributed by atoms with van der Waals surface area (Å²) < 4.78 is 46.3. The first-order chi connectivity index (χ1) is 17.0. The van der Waals surface area contributed by atoms with E-state index in [4.69, 9.17) is 4.74 Å². The summed E-state index contributed by atoms with van der Waals surface area (Å²) in [7, 11) is -3.66. The van der Waals surface area contributed by atoms with Crippen LogP contribution in [-0.2, 0) is 26.2 Å². The molecule has 1 N–H and O–H groups in total. The lowest BCUT2D eigenvalue weighted by molar-refractivity contribution is -0.140. The highest BCUT2D eigenvalue weighted by Gasteiger charge is 2.28. The van der Waals surface area contributed by atoms with Gasteiger partial charge in [-0.05, 0) is 52.3 Å². The van der Waals surface area contributed by atoms with Crippen LogP contribution in [0.15, 0.2) is 48.5 Å². The lowest BCUT2D eigenvalue weighted by Crippen LogP contribution is -2.49. The van der Waals surface area contributed by atoms with Crippen LogP contribution < -0.4 is 14.4 Å². The molecule has 10 heteroatoms. The van der Waals surface area contributed by atoms with E-state index < -0.39 is 21.9 Å². The molecule has 1 atom stereocenters. The van der Waals surface area contributed by atoms with E-state index in [1.54, 1.807) is 56.3 Å². The Hall–Kier alpha value is -3.14. The van der Waals surface area contributed by atoms with Crippen molar-refractivity contribution >= 4 is 27.5 Å². The molecule has 2 aromatic rings. The Bertz CT molecular complexity index is 1140. The number of hydrogen-bond donors (Lipinski definition) is 1. The average Bonchev–Trinajstić information content (AvgIpc) is 2.80. The number of hydrogen-bond acceptors (Lipinski definition) is 5. The number of nitrogens with zero attached hydrogens (tertiary/aromatic N) is 2. The largest absolute Gasteiger partial charge is 0.492 e. The van der Waals surface area contributed by atoms with E-state index in [-0.39, 0.29) is 43.8 Å². The van der Waals surface area contributed by atoms with Crippen molar-refractivity contribution in [2.24, 2.45) is 0 Å². The number of anilines is 1. The van der Waals surface area contributed by atoms with Gasteiger partial charge in [0.1, 0.15) is 17.6 Å². The molecule has 0 aliphatic heterocycles. The van der Waals surface area contributed by atoms with Gasteiger partial charge in [-0.1, -0.05) is 30.3 Å². The van der Waals surface area contributed by atoms with Gasteiger partial charge in [0.25, 0.3) is 0 Å². The van der Waals surface area contributed by atoms with E-state index >= 15 is 0 Å². The van der Waals surface area contributed by atoms with Gasteiger partial charge >= 0.3 is 0 Å². The number of ether oxygens (including phenoxy) is 1. The second-order valence-corrected chi connectivity index (χ2v) is 10.7. The molecule has 0 radical (unpaired) electrons. The third kappa shape index (κ3) is 8.22. The maximum Gasteiger partial charge on any atom is 0.242 e. The minimum absolute atomic E-state index is 0.0312. The van der Waals surface area contributed by atoms with Gasteiger partial charge in [-0.15, -0.1) is 0 Å². The average molecular weight is 522 g/mol. The highest BCUT2D eigenvalue weighted by molar-refractivity contribution is 7.92. The maximum absolute atomic E-state index is 14.3. The van der Waals surface area contributed by atoms with E-state index in [2.05, 4.69) is 5.32 Å². The number of benzene rings is 2. The second-order valence-electron chi connectivity index (χ2n) is 8.79. The molecule has 2 rings (SSSR count). The zero-order chi connectivity index (χ0) is 26.9. The Morgan fingerprint density at radius 1 is 1.06 bits per heavy atom. The van der Waals surface area contributed by atoms with Gasteiger partial charge in [0.05, 0.1) is 18.6 Å². The third-order valence-corrected chi connectivity index (χ3v) is 6.66. The predicted octanol–water partition coefficient (Wildman–Crippen LogP) is 3.71. The zero-order valence-corrected chi connectivity index (χ0v) is 22.3. The quantitative estimate of drug-likeness (QED) is 0.434. The fourth-order valence-electron chi connectivity index (χ4n) is 3.72. The van der Waals surface area contributed by atoms with E-state index in [9.17, 15) is 22.4 Å². The molecule has 0 aliphatic rings. The van der Waals surface area contributed by atoms with Gasteiger partial charge in [-0.25, -0.2) is 12.8 Å². The molecule has 0 bridgehead atoms. The van der Waals surface area contributed by atoms with Crippen LogP contribution in [-0.4, -0.2) is 56.6 Å². The van der Waals surface area contributed by atoms with Crippen LogP contribution in [0.3, 0.4) is 0 Å². The van der Waals surface area contributed by atoms with Gasteiger partial charge in [-0.2, -0.15) is 0 Å². The monoisotopic (exact) mass is 521 g/mol. The fraction of sp³-hybridized carbons (Fsp3) is 0.462. The summed E-state index contributed by atoms with van der Waals surface area (Å²) in [5.41, 5.74) is 0.681. The molecular weight excluding hydrogens is 485 g/mol. The summed E-state index contributed by atoms with van der Waals surface area (Å²) in [6, 6.07) is 11.9. The Kier molecular flexibility index (Phi) is 10.7. The van der Waals surface area contributed by atoms with Crippen LogP contribution in [0.2, 0.25) is 0 Å². The summed E-state index contributed by atoms with van der Waals surface area (Å²) in [4.78, 5) is 27.3. The summed E-state index contributed by atoms with van der Waals surface area (Å²) >= 11 is 0. The second kappa shape index (κ2) is 13.2. The molecular formula is C26H36FN3O5S. The first kappa shape index (κ1) is 29.1. The lowest BCUT2D eigenvalue weighted by Gasteiger charge is -2.30. The zero-order valence-electron chi connectivity index (χ0n) is 21.5. The molecule has 36 heavy (non-hydrogen) atoms. The van der Waals surface area contributed by atoms with E-state index in [0.717, 1.165) is 6.26 Å². The highest BCUT2D eigenvalue weighted by atomic mass is 32.2. The number of carbonyl (C=O) groups excluding carboxylic acids is 2. The first-order valence-electron chi connectivity index (χ1n) is 12.0. The maximum atomic E-state index is 14.3. The first-order valence-corrected chi connectivity index (χ1v) is 13.8. The van der Waals surface area contributed by atoms with E-state index in [0.29, 0.717) is 23.6 Å². The summed E-state index contributed by atoms with van der Waals surface area (Å²) in [6.07, 6.45) is 1.26. The summed E-state index contributed by atoms with van der Waals surface area (Å²) in [6.45, 7) is 7.35. The fourth-order valence-corrected chi connectivity index (χ4v) is 4.69. The Balaban J connectivity index is 2.22. The topological polar surface area (TPSA) is 96.0 Å². The Labute approximate surface area is 213 Å². The van der Waals surface area contributed by atoms with Gasteiger partial charge in [0.2, 0.25) is 21.8 Å². The number of carbonyl (C=O) groups is 2. The molecule has 2 aromatic carbocycles. The lowest BCUT2D eigenvalue weighted by atomic mass is 10.1. The number of para-hydroxylation sites is 2. The molecule has 8 nitrogen and oxygen atoms in total. The van der Waals surface area contributed by atoms with Crippen molar-refractivity contribution in [1.82, 2.24) is 10.2 Å². The summed E-state index contributed by atoms with van der Waals surface area (Å²) in [5.74, 6) is -0.770.